The van der Waals surface area contributed by atoms with Gasteiger partial charge in [0, 0.05) is 50.0 Å². The number of ether oxygens (including phenoxy) is 1. The molecule has 0 radical (unpaired) electrons. The maximum atomic E-state index is 12.4. The molecule has 0 aromatic heterocycles. The first-order valence-electron chi connectivity index (χ1n) is 11.1. The Hall–Kier alpha value is -2.08. The predicted molar refractivity (Wildman–Crippen MR) is 112 cm³/mol. The van der Waals surface area contributed by atoms with Crippen LogP contribution in [0.1, 0.15) is 55.3 Å². The third-order valence-electron chi connectivity index (χ3n) is 6.53. The Morgan fingerprint density at radius 1 is 1.03 bits per heavy atom. The van der Waals surface area contributed by atoms with Gasteiger partial charge in [0.15, 0.2) is 0 Å². The number of carbonyl (C=O) groups excluding carboxylic acids is 2. The normalized spacial score (nSPS) is 23.2. The first-order chi connectivity index (χ1) is 14.1. The summed E-state index contributed by atoms with van der Waals surface area (Å²) in [6.07, 6.45) is 7.50. The van der Waals surface area contributed by atoms with E-state index in [0.29, 0.717) is 30.0 Å². The molecule has 3 aliphatic rings. The standard InChI is InChI=1S/C23H33N3O3/c1-25-14-2-3-19(25)10-13-24-22(27)17-6-8-20(9-7-17)29-21-11-15-26(16-12-21)23(28)18-4-5-18/h6-9,18-19,21H,2-5,10-16H2,1H3,(H,24,27)/t19-/m0/s1. The highest BCUT2D eigenvalue weighted by molar-refractivity contribution is 5.94. The molecular weight excluding hydrogens is 366 g/mol. The molecule has 1 atom stereocenters. The van der Waals surface area contributed by atoms with Gasteiger partial charge in [-0.1, -0.05) is 0 Å². The van der Waals surface area contributed by atoms with Crippen molar-refractivity contribution in [1.82, 2.24) is 15.1 Å². The number of benzene rings is 1. The Balaban J connectivity index is 1.19. The summed E-state index contributed by atoms with van der Waals surface area (Å²) in [5, 5.41) is 3.03. The zero-order chi connectivity index (χ0) is 20.2. The van der Waals surface area contributed by atoms with Crippen LogP contribution in [0.3, 0.4) is 0 Å². The molecule has 158 valence electrons. The zero-order valence-corrected chi connectivity index (χ0v) is 17.4. The van der Waals surface area contributed by atoms with E-state index in [4.69, 9.17) is 4.74 Å². The van der Waals surface area contributed by atoms with Gasteiger partial charge in [0.05, 0.1) is 0 Å². The van der Waals surface area contributed by atoms with Gasteiger partial charge in [0.25, 0.3) is 5.91 Å². The average Bonchev–Trinajstić information content (AvgIpc) is 3.51. The molecule has 1 aromatic carbocycles. The van der Waals surface area contributed by atoms with E-state index < -0.39 is 0 Å². The summed E-state index contributed by atoms with van der Waals surface area (Å²) in [5.74, 6) is 1.40. The number of rotatable bonds is 7. The van der Waals surface area contributed by atoms with Crippen LogP contribution >= 0.6 is 0 Å². The average molecular weight is 400 g/mol. The van der Waals surface area contributed by atoms with Gasteiger partial charge in [-0.3, -0.25) is 9.59 Å². The molecule has 0 bridgehead atoms. The van der Waals surface area contributed by atoms with Crippen LogP contribution in [0.2, 0.25) is 0 Å². The van der Waals surface area contributed by atoms with Gasteiger partial charge in [0.2, 0.25) is 5.91 Å². The van der Waals surface area contributed by atoms with E-state index in [9.17, 15) is 9.59 Å². The van der Waals surface area contributed by atoms with Crippen molar-refractivity contribution in [3.05, 3.63) is 29.8 Å². The van der Waals surface area contributed by atoms with E-state index >= 15 is 0 Å². The van der Waals surface area contributed by atoms with Gasteiger partial charge >= 0.3 is 0 Å². The molecule has 0 unspecified atom stereocenters. The van der Waals surface area contributed by atoms with Gasteiger partial charge in [-0.15, -0.1) is 0 Å². The van der Waals surface area contributed by atoms with Crippen LogP contribution in [0, 0.1) is 5.92 Å². The number of carbonyl (C=O) groups is 2. The molecule has 2 aliphatic heterocycles. The van der Waals surface area contributed by atoms with Crippen molar-refractivity contribution in [1.29, 1.82) is 0 Å². The second-order valence-corrected chi connectivity index (χ2v) is 8.76. The summed E-state index contributed by atoms with van der Waals surface area (Å²) in [5.41, 5.74) is 0.668. The number of nitrogens with one attached hydrogen (secondary N) is 1. The Kier molecular flexibility index (Phi) is 6.38. The highest BCUT2D eigenvalue weighted by Crippen LogP contribution is 2.32. The molecule has 4 rings (SSSR count). The molecule has 1 aliphatic carbocycles. The van der Waals surface area contributed by atoms with Crippen LogP contribution in [0.5, 0.6) is 5.75 Å². The second-order valence-electron chi connectivity index (χ2n) is 8.76. The molecule has 2 saturated heterocycles. The molecule has 3 fully saturated rings. The fourth-order valence-electron chi connectivity index (χ4n) is 4.46. The Morgan fingerprint density at radius 3 is 2.38 bits per heavy atom. The molecule has 1 saturated carbocycles. The molecular formula is C23H33N3O3. The van der Waals surface area contributed by atoms with Gasteiger partial charge in [0.1, 0.15) is 11.9 Å². The lowest BCUT2D eigenvalue weighted by molar-refractivity contribution is -0.134. The smallest absolute Gasteiger partial charge is 0.251 e. The Labute approximate surface area is 173 Å². The van der Waals surface area contributed by atoms with E-state index in [1.807, 2.05) is 29.2 Å². The first kappa shape index (κ1) is 20.2. The maximum absolute atomic E-state index is 12.4. The molecule has 1 N–H and O–H groups in total. The summed E-state index contributed by atoms with van der Waals surface area (Å²) in [6.45, 7) is 3.45. The van der Waals surface area contributed by atoms with E-state index in [1.165, 1.54) is 12.8 Å². The Morgan fingerprint density at radius 2 is 1.76 bits per heavy atom. The third-order valence-corrected chi connectivity index (χ3v) is 6.53. The minimum atomic E-state index is -0.0240. The van der Waals surface area contributed by atoms with Gasteiger partial charge < -0.3 is 19.9 Å². The fraction of sp³-hybridized carbons (Fsp3) is 0.652. The fourth-order valence-corrected chi connectivity index (χ4v) is 4.46. The summed E-state index contributed by atoms with van der Waals surface area (Å²) in [6, 6.07) is 8.01. The van der Waals surface area contributed by atoms with Crippen LogP contribution in [0.4, 0.5) is 0 Å². The summed E-state index contributed by atoms with van der Waals surface area (Å²) < 4.78 is 6.08. The summed E-state index contributed by atoms with van der Waals surface area (Å²) in [4.78, 5) is 28.9. The van der Waals surface area contributed by atoms with Crippen molar-refractivity contribution >= 4 is 11.8 Å². The lowest BCUT2D eigenvalue weighted by Gasteiger charge is -2.32. The van der Waals surface area contributed by atoms with Crippen LogP contribution < -0.4 is 10.1 Å². The van der Waals surface area contributed by atoms with E-state index in [2.05, 4.69) is 17.3 Å². The van der Waals surface area contributed by atoms with Gasteiger partial charge in [-0.2, -0.15) is 0 Å². The molecule has 2 amide bonds. The number of likely N-dealkylation sites (tertiary alicyclic amines) is 2. The number of amides is 2. The quantitative estimate of drug-likeness (QED) is 0.766. The van der Waals surface area contributed by atoms with Crippen LogP contribution in [-0.2, 0) is 4.79 Å². The van der Waals surface area contributed by atoms with Crippen molar-refractivity contribution in [2.45, 2.75) is 57.1 Å². The van der Waals surface area contributed by atoms with Crippen molar-refractivity contribution in [2.75, 3.05) is 33.2 Å². The number of piperidine rings is 1. The minimum Gasteiger partial charge on any atom is -0.490 e. The van der Waals surface area contributed by atoms with Gasteiger partial charge in [-0.05, 0) is 70.0 Å². The Bertz CT molecular complexity index is 709. The van der Waals surface area contributed by atoms with E-state index in [-0.39, 0.29) is 12.0 Å². The maximum Gasteiger partial charge on any atom is 0.251 e. The predicted octanol–water partition coefficient (Wildman–Crippen LogP) is 2.68. The SMILES string of the molecule is CN1CCC[C@H]1CCNC(=O)c1ccc(OC2CCN(C(=O)C3CC3)CC2)cc1. The molecule has 1 aromatic rings. The number of nitrogens with zero attached hydrogens (tertiary/aromatic N) is 2. The van der Waals surface area contributed by atoms with Crippen molar-refractivity contribution in [3.8, 4) is 5.75 Å². The van der Waals surface area contributed by atoms with Crippen LogP contribution in [-0.4, -0.2) is 67.0 Å². The zero-order valence-electron chi connectivity index (χ0n) is 17.4. The van der Waals surface area contributed by atoms with E-state index in [1.54, 1.807) is 0 Å². The lowest BCUT2D eigenvalue weighted by Crippen LogP contribution is -2.42. The monoisotopic (exact) mass is 399 g/mol. The van der Waals surface area contributed by atoms with Gasteiger partial charge in [-0.25, -0.2) is 0 Å². The number of hydrogen-bond donors (Lipinski definition) is 1. The molecule has 6 heteroatoms. The van der Waals surface area contributed by atoms with Crippen molar-refractivity contribution in [3.63, 3.8) is 0 Å². The summed E-state index contributed by atoms with van der Waals surface area (Å²) >= 11 is 0. The van der Waals surface area contributed by atoms with Crippen LogP contribution in [0.15, 0.2) is 24.3 Å². The van der Waals surface area contributed by atoms with E-state index in [0.717, 1.165) is 57.5 Å². The van der Waals surface area contributed by atoms with Crippen molar-refractivity contribution in [2.24, 2.45) is 5.92 Å². The second kappa shape index (κ2) is 9.16. The molecule has 29 heavy (non-hydrogen) atoms. The largest absolute Gasteiger partial charge is 0.490 e. The minimum absolute atomic E-state index is 0.0240. The van der Waals surface area contributed by atoms with Crippen LogP contribution in [0.25, 0.3) is 0 Å². The highest BCUT2D eigenvalue weighted by atomic mass is 16.5. The lowest BCUT2D eigenvalue weighted by atomic mass is 10.1. The molecule has 6 nitrogen and oxygen atoms in total. The first-order valence-corrected chi connectivity index (χ1v) is 11.1. The third kappa shape index (κ3) is 5.30. The molecule has 0 spiro atoms. The van der Waals surface area contributed by atoms with Crippen molar-refractivity contribution < 1.29 is 14.3 Å². The number of hydrogen-bond acceptors (Lipinski definition) is 4. The topological polar surface area (TPSA) is 61.9 Å². The molecule has 2 heterocycles. The summed E-state index contributed by atoms with van der Waals surface area (Å²) in [7, 11) is 2.16. The highest BCUT2D eigenvalue weighted by Gasteiger charge is 2.35.